The Morgan fingerprint density at radius 3 is 2.11 bits per heavy atom. The molecule has 0 saturated heterocycles. The molecule has 8 heteroatoms. The highest BCUT2D eigenvalue weighted by atomic mass is 35.5. The van der Waals surface area contributed by atoms with Crippen LogP contribution in [0.25, 0.3) is 0 Å². The van der Waals surface area contributed by atoms with Gasteiger partial charge in [-0.15, -0.1) is 11.8 Å². The predicted octanol–water partition coefficient (Wildman–Crippen LogP) is 7.68. The standard InChI is InChI=1S/C29H31Cl3N2O2S/c1-29(2,3)33-28(36)26(18-20-8-5-4-6-9-20)34(19-23-24(31)10-7-11-25(23)32)27(35)16-17-37-22-14-12-21(30)13-15-22/h4-15,26H,16-19H2,1-3H3,(H,33,36)/t26-/m1/s1. The molecule has 0 aliphatic heterocycles. The number of amides is 2. The molecule has 0 saturated carbocycles. The number of carbonyl (C=O) groups excluding carboxylic acids is 2. The van der Waals surface area contributed by atoms with Crippen LogP contribution in [0.4, 0.5) is 0 Å². The molecule has 37 heavy (non-hydrogen) atoms. The van der Waals surface area contributed by atoms with Gasteiger partial charge in [-0.1, -0.05) is 71.2 Å². The number of hydrogen-bond donors (Lipinski definition) is 1. The highest BCUT2D eigenvalue weighted by Crippen LogP contribution is 2.28. The Balaban J connectivity index is 1.91. The minimum absolute atomic E-state index is 0.123. The minimum Gasteiger partial charge on any atom is -0.350 e. The largest absolute Gasteiger partial charge is 0.350 e. The monoisotopic (exact) mass is 576 g/mol. The molecule has 0 aliphatic rings. The highest BCUT2D eigenvalue weighted by molar-refractivity contribution is 7.99. The summed E-state index contributed by atoms with van der Waals surface area (Å²) in [5, 5.41) is 4.63. The first-order chi connectivity index (χ1) is 17.5. The van der Waals surface area contributed by atoms with E-state index in [0.717, 1.165) is 10.5 Å². The van der Waals surface area contributed by atoms with Gasteiger partial charge in [0, 0.05) is 56.2 Å². The second-order valence-electron chi connectivity index (χ2n) is 9.72. The van der Waals surface area contributed by atoms with E-state index in [-0.39, 0.29) is 24.8 Å². The number of rotatable bonds is 10. The van der Waals surface area contributed by atoms with E-state index in [1.54, 1.807) is 34.9 Å². The first kappa shape index (κ1) is 29.4. The van der Waals surface area contributed by atoms with Gasteiger partial charge in [-0.2, -0.15) is 0 Å². The van der Waals surface area contributed by atoms with Crippen molar-refractivity contribution in [2.24, 2.45) is 0 Å². The maximum Gasteiger partial charge on any atom is 0.243 e. The van der Waals surface area contributed by atoms with Gasteiger partial charge in [-0.25, -0.2) is 0 Å². The normalized spacial score (nSPS) is 12.2. The van der Waals surface area contributed by atoms with Crippen LogP contribution in [0.15, 0.2) is 77.7 Å². The Hall–Kier alpha value is -2.18. The number of thioether (sulfide) groups is 1. The molecule has 2 amide bonds. The van der Waals surface area contributed by atoms with Gasteiger partial charge in [-0.3, -0.25) is 9.59 Å². The van der Waals surface area contributed by atoms with Crippen molar-refractivity contribution in [3.63, 3.8) is 0 Å². The van der Waals surface area contributed by atoms with Crippen molar-refractivity contribution in [1.82, 2.24) is 10.2 Å². The average molecular weight is 578 g/mol. The summed E-state index contributed by atoms with van der Waals surface area (Å²) in [5.41, 5.74) is 1.11. The zero-order valence-corrected chi connectivity index (χ0v) is 24.2. The molecule has 0 aliphatic carbocycles. The Morgan fingerprint density at radius 2 is 1.51 bits per heavy atom. The highest BCUT2D eigenvalue weighted by Gasteiger charge is 2.32. The SMILES string of the molecule is CC(C)(C)NC(=O)[C@@H](Cc1ccccc1)N(Cc1c(Cl)cccc1Cl)C(=O)CCSc1ccc(Cl)cc1. The van der Waals surface area contributed by atoms with E-state index in [0.29, 0.717) is 32.8 Å². The average Bonchev–Trinajstić information content (AvgIpc) is 2.83. The van der Waals surface area contributed by atoms with Crippen LogP contribution in [0.3, 0.4) is 0 Å². The molecule has 0 bridgehead atoms. The fraction of sp³-hybridized carbons (Fsp3) is 0.310. The van der Waals surface area contributed by atoms with E-state index in [1.807, 2.05) is 75.4 Å². The molecule has 0 fully saturated rings. The maximum absolute atomic E-state index is 13.7. The number of halogens is 3. The molecule has 3 rings (SSSR count). The summed E-state index contributed by atoms with van der Waals surface area (Å²) in [5.74, 6) is 0.173. The van der Waals surface area contributed by atoms with E-state index in [1.165, 1.54) is 0 Å². The number of nitrogens with one attached hydrogen (secondary N) is 1. The van der Waals surface area contributed by atoms with Crippen molar-refractivity contribution in [3.05, 3.63) is 99.0 Å². The summed E-state index contributed by atoms with van der Waals surface area (Å²) < 4.78 is 0. The Bertz CT molecular complexity index is 1180. The molecule has 1 atom stereocenters. The maximum atomic E-state index is 13.7. The Morgan fingerprint density at radius 1 is 0.892 bits per heavy atom. The summed E-state index contributed by atoms with van der Waals surface area (Å²) in [4.78, 5) is 30.0. The van der Waals surface area contributed by atoms with Crippen molar-refractivity contribution in [3.8, 4) is 0 Å². The molecular formula is C29H31Cl3N2O2S. The van der Waals surface area contributed by atoms with Gasteiger partial charge < -0.3 is 10.2 Å². The van der Waals surface area contributed by atoms with Gasteiger partial charge in [0.05, 0.1) is 0 Å². The molecule has 4 nitrogen and oxygen atoms in total. The third-order valence-electron chi connectivity index (χ3n) is 5.56. The van der Waals surface area contributed by atoms with E-state index in [9.17, 15) is 9.59 Å². The summed E-state index contributed by atoms with van der Waals surface area (Å²) >= 11 is 20.5. The topological polar surface area (TPSA) is 49.4 Å². The first-order valence-corrected chi connectivity index (χ1v) is 14.1. The smallest absolute Gasteiger partial charge is 0.243 e. The van der Waals surface area contributed by atoms with Crippen LogP contribution in [0, 0.1) is 0 Å². The number of nitrogens with zero attached hydrogens (tertiary/aromatic N) is 1. The molecule has 0 aromatic heterocycles. The lowest BCUT2D eigenvalue weighted by molar-refractivity contribution is -0.141. The third-order valence-corrected chi connectivity index (χ3v) is 7.53. The third kappa shape index (κ3) is 9.26. The predicted molar refractivity (Wildman–Crippen MR) is 156 cm³/mol. The molecular weight excluding hydrogens is 547 g/mol. The lowest BCUT2D eigenvalue weighted by Crippen LogP contribution is -2.54. The fourth-order valence-electron chi connectivity index (χ4n) is 3.79. The van der Waals surface area contributed by atoms with Crippen molar-refractivity contribution >= 4 is 58.4 Å². The Kier molecular flexibility index (Phi) is 10.8. The minimum atomic E-state index is -0.748. The second-order valence-corrected chi connectivity index (χ2v) is 12.1. The van der Waals surface area contributed by atoms with E-state index < -0.39 is 11.6 Å². The molecule has 0 heterocycles. The van der Waals surface area contributed by atoms with Crippen molar-refractivity contribution in [2.45, 2.75) is 56.6 Å². The lowest BCUT2D eigenvalue weighted by Gasteiger charge is -2.34. The van der Waals surface area contributed by atoms with Crippen LogP contribution in [-0.2, 0) is 22.6 Å². The van der Waals surface area contributed by atoms with Crippen molar-refractivity contribution in [1.29, 1.82) is 0 Å². The van der Waals surface area contributed by atoms with Crippen molar-refractivity contribution in [2.75, 3.05) is 5.75 Å². The van der Waals surface area contributed by atoms with Crippen LogP contribution >= 0.6 is 46.6 Å². The van der Waals surface area contributed by atoms with Gasteiger partial charge in [0.2, 0.25) is 11.8 Å². The molecule has 3 aromatic rings. The summed E-state index contributed by atoms with van der Waals surface area (Å²) in [7, 11) is 0. The van der Waals surface area contributed by atoms with Gasteiger partial charge in [0.25, 0.3) is 0 Å². The molecule has 0 spiro atoms. The Labute approximate surface area is 238 Å². The summed E-state index contributed by atoms with van der Waals surface area (Å²) in [6, 6.07) is 21.7. The molecule has 196 valence electrons. The van der Waals surface area contributed by atoms with Gasteiger partial charge in [0.15, 0.2) is 0 Å². The van der Waals surface area contributed by atoms with E-state index in [2.05, 4.69) is 5.32 Å². The van der Waals surface area contributed by atoms with Gasteiger partial charge >= 0.3 is 0 Å². The summed E-state index contributed by atoms with van der Waals surface area (Å²) in [6.07, 6.45) is 0.602. The molecule has 3 aromatic carbocycles. The van der Waals surface area contributed by atoms with Crippen LogP contribution < -0.4 is 5.32 Å². The van der Waals surface area contributed by atoms with Crippen LogP contribution in [0.1, 0.15) is 38.3 Å². The van der Waals surface area contributed by atoms with Crippen LogP contribution in [0.2, 0.25) is 15.1 Å². The zero-order chi connectivity index (χ0) is 27.0. The number of hydrogen-bond acceptors (Lipinski definition) is 3. The fourth-order valence-corrected chi connectivity index (χ4v) is 5.28. The van der Waals surface area contributed by atoms with Gasteiger partial charge in [0.1, 0.15) is 6.04 Å². The lowest BCUT2D eigenvalue weighted by atomic mass is 10.0. The van der Waals surface area contributed by atoms with E-state index >= 15 is 0 Å². The van der Waals surface area contributed by atoms with Crippen molar-refractivity contribution < 1.29 is 9.59 Å². The summed E-state index contributed by atoms with van der Waals surface area (Å²) in [6.45, 7) is 5.89. The molecule has 1 N–H and O–H groups in total. The number of carbonyl (C=O) groups is 2. The quantitative estimate of drug-likeness (QED) is 0.251. The zero-order valence-electron chi connectivity index (χ0n) is 21.1. The van der Waals surface area contributed by atoms with Crippen LogP contribution in [0.5, 0.6) is 0 Å². The second kappa shape index (κ2) is 13.6. The van der Waals surface area contributed by atoms with Crippen LogP contribution in [-0.4, -0.2) is 34.0 Å². The molecule has 0 radical (unpaired) electrons. The molecule has 0 unspecified atom stereocenters. The first-order valence-electron chi connectivity index (χ1n) is 12.0. The number of benzene rings is 3. The van der Waals surface area contributed by atoms with Gasteiger partial charge in [-0.05, 0) is 62.7 Å². The van der Waals surface area contributed by atoms with E-state index in [4.69, 9.17) is 34.8 Å².